The van der Waals surface area contributed by atoms with Crippen LogP contribution in [0.25, 0.3) is 27.1 Å². The Morgan fingerprint density at radius 1 is 0.600 bits per heavy atom. The van der Waals surface area contributed by atoms with Gasteiger partial charge in [-0.2, -0.15) is 0 Å². The van der Waals surface area contributed by atoms with Crippen molar-refractivity contribution < 1.29 is 0 Å². The molecule has 0 fully saturated rings. The second kappa shape index (κ2) is 5.42. The van der Waals surface area contributed by atoms with Gasteiger partial charge < -0.3 is 0 Å². The predicted molar refractivity (Wildman–Crippen MR) is 83.6 cm³/mol. The van der Waals surface area contributed by atoms with E-state index in [1.807, 2.05) is 48.5 Å². The second-order valence-corrected chi connectivity index (χ2v) is 4.58. The summed E-state index contributed by atoms with van der Waals surface area (Å²) in [5, 5.41) is 0. The standard InChI is InChI=1S/C19H13N/c1-20-19-13-6-5-12-18(19)17-11-7-10-16(14-17)15-8-3-2-4-9-15/h2-14H. The zero-order valence-electron chi connectivity index (χ0n) is 11.0. The molecule has 0 unspecified atom stereocenters. The first-order valence-corrected chi connectivity index (χ1v) is 6.51. The average Bonchev–Trinajstić information content (AvgIpc) is 2.56. The van der Waals surface area contributed by atoms with Crippen molar-refractivity contribution in [2.24, 2.45) is 0 Å². The second-order valence-electron chi connectivity index (χ2n) is 4.58. The van der Waals surface area contributed by atoms with Crippen molar-refractivity contribution in [1.29, 1.82) is 0 Å². The first-order chi connectivity index (χ1) is 9.88. The average molecular weight is 255 g/mol. The zero-order chi connectivity index (χ0) is 13.8. The summed E-state index contributed by atoms with van der Waals surface area (Å²) in [7, 11) is 0. The van der Waals surface area contributed by atoms with Crippen LogP contribution >= 0.6 is 0 Å². The molecule has 3 aromatic carbocycles. The lowest BCUT2D eigenvalue weighted by molar-refractivity contribution is 1.59. The molecule has 0 aliphatic heterocycles. The van der Waals surface area contributed by atoms with E-state index in [9.17, 15) is 0 Å². The molecule has 20 heavy (non-hydrogen) atoms. The summed E-state index contributed by atoms with van der Waals surface area (Å²) in [6, 6.07) is 26.3. The van der Waals surface area contributed by atoms with Gasteiger partial charge in [-0.3, -0.25) is 0 Å². The minimum atomic E-state index is 0.692. The minimum absolute atomic E-state index is 0.692. The van der Waals surface area contributed by atoms with Gasteiger partial charge in [0, 0.05) is 0 Å². The fourth-order valence-corrected chi connectivity index (χ4v) is 2.31. The Labute approximate surface area is 119 Å². The van der Waals surface area contributed by atoms with Gasteiger partial charge in [-0.05, 0) is 28.3 Å². The van der Waals surface area contributed by atoms with Crippen LogP contribution in [-0.2, 0) is 0 Å². The van der Waals surface area contributed by atoms with Gasteiger partial charge in [0.25, 0.3) is 0 Å². The third-order valence-electron chi connectivity index (χ3n) is 3.31. The molecule has 0 bridgehead atoms. The molecule has 0 aliphatic carbocycles. The highest BCUT2D eigenvalue weighted by Crippen LogP contribution is 2.32. The monoisotopic (exact) mass is 255 g/mol. The Bertz CT molecular complexity index is 767. The van der Waals surface area contributed by atoms with Gasteiger partial charge in [0.1, 0.15) is 0 Å². The first kappa shape index (κ1) is 12.2. The highest BCUT2D eigenvalue weighted by molar-refractivity contribution is 5.81. The van der Waals surface area contributed by atoms with Crippen LogP contribution in [0.1, 0.15) is 0 Å². The predicted octanol–water partition coefficient (Wildman–Crippen LogP) is 5.57. The van der Waals surface area contributed by atoms with Crippen molar-refractivity contribution in [3.63, 3.8) is 0 Å². The molecule has 0 saturated heterocycles. The highest BCUT2D eigenvalue weighted by atomic mass is 14.6. The molecular formula is C19H13N. The molecule has 0 N–H and O–H groups in total. The van der Waals surface area contributed by atoms with Crippen LogP contribution in [0.2, 0.25) is 0 Å². The molecule has 3 rings (SSSR count). The fourth-order valence-electron chi connectivity index (χ4n) is 2.31. The van der Waals surface area contributed by atoms with E-state index in [2.05, 4.69) is 35.2 Å². The highest BCUT2D eigenvalue weighted by Gasteiger charge is 2.05. The molecule has 0 saturated carbocycles. The molecule has 0 amide bonds. The minimum Gasteiger partial charge on any atom is -0.238 e. The van der Waals surface area contributed by atoms with E-state index in [1.54, 1.807) is 0 Å². The Balaban J connectivity index is 2.11. The molecule has 0 aliphatic rings. The van der Waals surface area contributed by atoms with Crippen molar-refractivity contribution in [3.8, 4) is 22.3 Å². The van der Waals surface area contributed by atoms with E-state index in [-0.39, 0.29) is 0 Å². The Hall–Kier alpha value is -2.85. The van der Waals surface area contributed by atoms with Crippen molar-refractivity contribution >= 4 is 5.69 Å². The van der Waals surface area contributed by atoms with E-state index >= 15 is 0 Å². The third-order valence-corrected chi connectivity index (χ3v) is 3.31. The molecule has 0 heterocycles. The fraction of sp³-hybridized carbons (Fsp3) is 0. The van der Waals surface area contributed by atoms with Gasteiger partial charge in [0.2, 0.25) is 0 Å². The summed E-state index contributed by atoms with van der Waals surface area (Å²) < 4.78 is 0. The number of para-hydroxylation sites is 1. The zero-order valence-corrected chi connectivity index (χ0v) is 11.0. The topological polar surface area (TPSA) is 4.36 Å². The first-order valence-electron chi connectivity index (χ1n) is 6.51. The molecule has 0 aromatic heterocycles. The summed E-state index contributed by atoms with van der Waals surface area (Å²) in [4.78, 5) is 3.60. The van der Waals surface area contributed by atoms with E-state index < -0.39 is 0 Å². The van der Waals surface area contributed by atoms with Crippen molar-refractivity contribution in [1.82, 2.24) is 0 Å². The van der Waals surface area contributed by atoms with Crippen molar-refractivity contribution in [2.45, 2.75) is 0 Å². The Morgan fingerprint density at radius 3 is 2.05 bits per heavy atom. The van der Waals surface area contributed by atoms with Crippen LogP contribution in [0, 0.1) is 6.57 Å². The summed E-state index contributed by atoms with van der Waals surface area (Å²) in [5.41, 5.74) is 5.12. The normalized spacial score (nSPS) is 9.95. The van der Waals surface area contributed by atoms with E-state index in [1.165, 1.54) is 11.1 Å². The van der Waals surface area contributed by atoms with Crippen LogP contribution in [0.5, 0.6) is 0 Å². The quantitative estimate of drug-likeness (QED) is 0.527. The molecule has 0 spiro atoms. The molecule has 0 atom stereocenters. The van der Waals surface area contributed by atoms with Gasteiger partial charge in [-0.25, -0.2) is 4.85 Å². The molecule has 94 valence electrons. The number of hydrogen-bond donors (Lipinski definition) is 0. The lowest BCUT2D eigenvalue weighted by atomic mass is 9.98. The van der Waals surface area contributed by atoms with E-state index in [0.29, 0.717) is 5.69 Å². The molecule has 1 nitrogen and oxygen atoms in total. The van der Waals surface area contributed by atoms with Gasteiger partial charge in [0.15, 0.2) is 5.69 Å². The smallest absolute Gasteiger partial charge is 0.194 e. The van der Waals surface area contributed by atoms with E-state index in [4.69, 9.17) is 6.57 Å². The van der Waals surface area contributed by atoms with Gasteiger partial charge in [-0.15, -0.1) is 0 Å². The van der Waals surface area contributed by atoms with Crippen LogP contribution in [0.4, 0.5) is 5.69 Å². The summed E-state index contributed by atoms with van der Waals surface area (Å²) in [5.74, 6) is 0. The summed E-state index contributed by atoms with van der Waals surface area (Å²) in [6.45, 7) is 7.28. The van der Waals surface area contributed by atoms with Crippen molar-refractivity contribution in [2.75, 3.05) is 0 Å². The maximum Gasteiger partial charge on any atom is 0.194 e. The molecule has 0 radical (unpaired) electrons. The summed E-state index contributed by atoms with van der Waals surface area (Å²) in [6.07, 6.45) is 0. The molecule has 1 heteroatoms. The molecule has 3 aromatic rings. The SMILES string of the molecule is [C-]#[N+]c1ccccc1-c1cccc(-c2ccccc2)c1. The molecular weight excluding hydrogens is 242 g/mol. The number of nitrogens with zero attached hydrogens (tertiary/aromatic N) is 1. The van der Waals surface area contributed by atoms with Crippen LogP contribution < -0.4 is 0 Å². The van der Waals surface area contributed by atoms with Crippen LogP contribution in [-0.4, -0.2) is 0 Å². The lowest BCUT2D eigenvalue weighted by Gasteiger charge is -2.07. The van der Waals surface area contributed by atoms with Crippen LogP contribution in [0.15, 0.2) is 78.9 Å². The van der Waals surface area contributed by atoms with Crippen LogP contribution in [0.3, 0.4) is 0 Å². The Kier molecular flexibility index (Phi) is 3.31. The van der Waals surface area contributed by atoms with Gasteiger partial charge in [0.05, 0.1) is 6.57 Å². The maximum atomic E-state index is 7.28. The van der Waals surface area contributed by atoms with E-state index in [0.717, 1.165) is 11.1 Å². The number of hydrogen-bond acceptors (Lipinski definition) is 0. The lowest BCUT2D eigenvalue weighted by Crippen LogP contribution is -1.81. The summed E-state index contributed by atoms with van der Waals surface area (Å²) >= 11 is 0. The largest absolute Gasteiger partial charge is 0.238 e. The Morgan fingerprint density at radius 2 is 1.25 bits per heavy atom. The van der Waals surface area contributed by atoms with Crippen molar-refractivity contribution in [3.05, 3.63) is 90.3 Å². The van der Waals surface area contributed by atoms with Gasteiger partial charge in [-0.1, -0.05) is 72.8 Å². The number of benzene rings is 3. The van der Waals surface area contributed by atoms with Gasteiger partial charge >= 0.3 is 0 Å². The maximum absolute atomic E-state index is 7.28. The number of rotatable bonds is 2. The third kappa shape index (κ3) is 2.32.